The first-order valence-electron chi connectivity index (χ1n) is 4.15. The zero-order chi connectivity index (χ0) is 10.9. The van der Waals surface area contributed by atoms with Gasteiger partial charge in [-0.05, 0) is 34.5 Å². The van der Waals surface area contributed by atoms with Crippen LogP contribution in [0.4, 0.5) is 0 Å². The summed E-state index contributed by atoms with van der Waals surface area (Å²) in [5.41, 5.74) is 1.01. The Morgan fingerprint density at radius 2 is 2.00 bits per heavy atom. The van der Waals surface area contributed by atoms with Gasteiger partial charge in [0.15, 0.2) is 0 Å². The number of benzene rings is 1. The second kappa shape index (κ2) is 4.00. The number of aromatic hydroxyl groups is 1. The number of carbonyl (C=O) groups excluding carboxylic acids is 1. The fourth-order valence-corrected chi connectivity index (χ4v) is 1.59. The van der Waals surface area contributed by atoms with Crippen molar-refractivity contribution in [3.63, 3.8) is 0 Å². The fourth-order valence-electron chi connectivity index (χ4n) is 1.10. The second-order valence-corrected chi connectivity index (χ2v) is 4.14. The molecule has 1 rings (SSSR count). The minimum atomic E-state index is -0.210. The lowest BCUT2D eigenvalue weighted by Crippen LogP contribution is -2.22. The van der Waals surface area contributed by atoms with Crippen LogP contribution in [0.3, 0.4) is 0 Å². The van der Waals surface area contributed by atoms with E-state index in [2.05, 4.69) is 15.9 Å². The molecular formula is C10H12BrNO2. The zero-order valence-electron chi connectivity index (χ0n) is 8.34. The number of phenolic OH excluding ortho intramolecular Hbond substituents is 1. The maximum Gasteiger partial charge on any atom is 0.258 e. The van der Waals surface area contributed by atoms with Crippen LogP contribution in [-0.4, -0.2) is 30.0 Å². The van der Waals surface area contributed by atoms with Gasteiger partial charge in [0.25, 0.3) is 5.91 Å². The van der Waals surface area contributed by atoms with Gasteiger partial charge in [-0.15, -0.1) is 0 Å². The van der Waals surface area contributed by atoms with Crippen LogP contribution in [0.25, 0.3) is 0 Å². The van der Waals surface area contributed by atoms with E-state index in [1.54, 1.807) is 33.2 Å². The third-order valence-electron chi connectivity index (χ3n) is 1.95. The zero-order valence-corrected chi connectivity index (χ0v) is 9.92. The Morgan fingerprint density at radius 3 is 2.50 bits per heavy atom. The minimum Gasteiger partial charge on any atom is -0.507 e. The van der Waals surface area contributed by atoms with Crippen LogP contribution < -0.4 is 0 Å². The Labute approximate surface area is 91.5 Å². The van der Waals surface area contributed by atoms with E-state index in [4.69, 9.17) is 0 Å². The Morgan fingerprint density at radius 1 is 1.43 bits per heavy atom. The van der Waals surface area contributed by atoms with Crippen LogP contribution in [-0.2, 0) is 0 Å². The molecular weight excluding hydrogens is 246 g/mol. The average molecular weight is 258 g/mol. The number of nitrogens with zero attached hydrogens (tertiary/aromatic N) is 1. The van der Waals surface area contributed by atoms with E-state index in [0.717, 1.165) is 0 Å². The molecule has 0 aliphatic carbocycles. The third kappa shape index (κ3) is 1.90. The van der Waals surface area contributed by atoms with Crippen LogP contribution in [0.5, 0.6) is 5.75 Å². The highest BCUT2D eigenvalue weighted by Crippen LogP contribution is 2.29. The Balaban J connectivity index is 3.33. The summed E-state index contributed by atoms with van der Waals surface area (Å²) < 4.78 is 0.610. The lowest BCUT2D eigenvalue weighted by atomic mass is 10.1. The van der Waals surface area contributed by atoms with Crippen LogP contribution in [0.15, 0.2) is 16.6 Å². The molecule has 0 radical (unpaired) electrons. The molecule has 0 saturated heterocycles. The third-order valence-corrected chi connectivity index (χ3v) is 2.61. The molecule has 1 aromatic rings. The molecule has 0 aliphatic heterocycles. The highest BCUT2D eigenvalue weighted by atomic mass is 79.9. The van der Waals surface area contributed by atoms with Gasteiger partial charge in [0.05, 0.1) is 5.56 Å². The number of halogens is 1. The number of carbonyl (C=O) groups is 1. The summed E-state index contributed by atoms with van der Waals surface area (Å²) >= 11 is 3.24. The smallest absolute Gasteiger partial charge is 0.258 e. The van der Waals surface area contributed by atoms with E-state index in [0.29, 0.717) is 15.6 Å². The summed E-state index contributed by atoms with van der Waals surface area (Å²) in [5.74, 6) is -0.170. The summed E-state index contributed by atoms with van der Waals surface area (Å²) in [6.07, 6.45) is 0. The molecule has 0 saturated carbocycles. The first-order valence-corrected chi connectivity index (χ1v) is 4.94. The average Bonchev–Trinajstić information content (AvgIpc) is 2.12. The number of aryl methyl sites for hydroxylation is 1. The maximum absolute atomic E-state index is 11.7. The molecule has 0 aliphatic rings. The second-order valence-electron chi connectivity index (χ2n) is 3.29. The topological polar surface area (TPSA) is 40.5 Å². The number of amides is 1. The highest BCUT2D eigenvalue weighted by molar-refractivity contribution is 9.10. The standard InChI is InChI=1S/C10H12BrNO2/c1-6-4-5-7(11)8(9(6)13)10(14)12(2)3/h4-5,13H,1-3H3. The van der Waals surface area contributed by atoms with Gasteiger partial charge in [0.2, 0.25) is 0 Å². The van der Waals surface area contributed by atoms with Gasteiger partial charge in [0.1, 0.15) is 5.75 Å². The molecule has 1 N–H and O–H groups in total. The van der Waals surface area contributed by atoms with E-state index in [9.17, 15) is 9.90 Å². The first-order chi connectivity index (χ1) is 6.45. The van der Waals surface area contributed by atoms with Crippen LogP contribution >= 0.6 is 15.9 Å². The molecule has 1 amide bonds. The summed E-state index contributed by atoms with van der Waals surface area (Å²) in [5, 5.41) is 9.72. The maximum atomic E-state index is 11.7. The van der Waals surface area contributed by atoms with Crippen molar-refractivity contribution < 1.29 is 9.90 Å². The molecule has 1 aromatic carbocycles. The van der Waals surface area contributed by atoms with E-state index >= 15 is 0 Å². The van der Waals surface area contributed by atoms with Crippen molar-refractivity contribution in [3.8, 4) is 5.75 Å². The molecule has 0 heterocycles. The van der Waals surface area contributed by atoms with Gasteiger partial charge >= 0.3 is 0 Å². The quantitative estimate of drug-likeness (QED) is 0.838. The Hall–Kier alpha value is -1.03. The van der Waals surface area contributed by atoms with Crippen molar-refractivity contribution in [3.05, 3.63) is 27.7 Å². The molecule has 4 heteroatoms. The Bertz CT molecular complexity index is 375. The van der Waals surface area contributed by atoms with Gasteiger partial charge < -0.3 is 10.0 Å². The predicted molar refractivity (Wildman–Crippen MR) is 58.6 cm³/mol. The van der Waals surface area contributed by atoms with E-state index in [-0.39, 0.29) is 11.7 Å². The summed E-state index contributed by atoms with van der Waals surface area (Å²) in [6.45, 7) is 1.76. The van der Waals surface area contributed by atoms with E-state index < -0.39 is 0 Å². The molecule has 0 fully saturated rings. The predicted octanol–water partition coefficient (Wildman–Crippen LogP) is 2.16. The molecule has 3 nitrogen and oxygen atoms in total. The van der Waals surface area contributed by atoms with E-state index in [1.807, 2.05) is 0 Å². The largest absolute Gasteiger partial charge is 0.507 e. The number of hydrogen-bond acceptors (Lipinski definition) is 2. The van der Waals surface area contributed by atoms with Crippen molar-refractivity contribution in [1.82, 2.24) is 4.90 Å². The van der Waals surface area contributed by atoms with E-state index in [1.165, 1.54) is 4.90 Å². The molecule has 0 atom stereocenters. The highest BCUT2D eigenvalue weighted by Gasteiger charge is 2.17. The van der Waals surface area contributed by atoms with Crippen LogP contribution in [0.1, 0.15) is 15.9 Å². The molecule has 0 unspecified atom stereocenters. The van der Waals surface area contributed by atoms with Crippen molar-refractivity contribution in [2.45, 2.75) is 6.92 Å². The number of hydrogen-bond donors (Lipinski definition) is 1. The fraction of sp³-hybridized carbons (Fsp3) is 0.300. The van der Waals surface area contributed by atoms with Crippen LogP contribution in [0.2, 0.25) is 0 Å². The van der Waals surface area contributed by atoms with Crippen molar-refractivity contribution >= 4 is 21.8 Å². The van der Waals surface area contributed by atoms with Crippen LogP contribution in [0, 0.1) is 6.92 Å². The SMILES string of the molecule is Cc1ccc(Br)c(C(=O)N(C)C)c1O. The first kappa shape index (κ1) is 11.0. The number of rotatable bonds is 1. The van der Waals surface area contributed by atoms with Crippen molar-refractivity contribution in [2.75, 3.05) is 14.1 Å². The summed E-state index contributed by atoms with van der Waals surface area (Å²) in [7, 11) is 3.30. The normalized spacial score (nSPS) is 10.0. The number of phenols is 1. The van der Waals surface area contributed by atoms with Crippen molar-refractivity contribution in [1.29, 1.82) is 0 Å². The van der Waals surface area contributed by atoms with Gasteiger partial charge in [-0.2, -0.15) is 0 Å². The lowest BCUT2D eigenvalue weighted by molar-refractivity contribution is 0.0823. The molecule has 76 valence electrons. The monoisotopic (exact) mass is 257 g/mol. The summed E-state index contributed by atoms with van der Waals surface area (Å²) in [6, 6.07) is 3.51. The van der Waals surface area contributed by atoms with Gasteiger partial charge in [-0.1, -0.05) is 6.07 Å². The van der Waals surface area contributed by atoms with Crippen molar-refractivity contribution in [2.24, 2.45) is 0 Å². The minimum absolute atomic E-state index is 0.0399. The molecule has 0 spiro atoms. The molecule has 0 bridgehead atoms. The molecule has 0 aromatic heterocycles. The van der Waals surface area contributed by atoms with Gasteiger partial charge in [-0.25, -0.2) is 0 Å². The Kier molecular flexibility index (Phi) is 3.16. The summed E-state index contributed by atoms with van der Waals surface area (Å²) in [4.78, 5) is 13.1. The lowest BCUT2D eigenvalue weighted by Gasteiger charge is -2.14. The van der Waals surface area contributed by atoms with Gasteiger partial charge in [0, 0.05) is 18.6 Å². The van der Waals surface area contributed by atoms with Gasteiger partial charge in [-0.3, -0.25) is 4.79 Å². The molecule has 14 heavy (non-hydrogen) atoms.